The first kappa shape index (κ1) is 24.0. The van der Waals surface area contributed by atoms with Crippen LogP contribution in [0.1, 0.15) is 11.1 Å². The highest BCUT2D eigenvalue weighted by molar-refractivity contribution is 9.10. The Kier molecular flexibility index (Phi) is 5.45. The average Bonchev–Trinajstić information content (AvgIpc) is 3.19. The Bertz CT molecular complexity index is 1580. The van der Waals surface area contributed by atoms with Crippen molar-refractivity contribution in [2.45, 2.75) is 11.4 Å². The van der Waals surface area contributed by atoms with Crippen LogP contribution in [0.3, 0.4) is 0 Å². The number of carbonyl (C=O) groups excluding carboxylic acids is 2. The number of sulfone groups is 1. The third-order valence-corrected chi connectivity index (χ3v) is 8.76. The van der Waals surface area contributed by atoms with E-state index in [1.165, 1.54) is 6.07 Å². The van der Waals surface area contributed by atoms with Crippen LogP contribution in [-0.2, 0) is 30.8 Å². The predicted octanol–water partition coefficient (Wildman–Crippen LogP) is 3.80. The first-order valence-corrected chi connectivity index (χ1v) is 12.8. The molecule has 0 aliphatic carbocycles. The summed E-state index contributed by atoms with van der Waals surface area (Å²) in [6, 6.07) is 12.4. The van der Waals surface area contributed by atoms with Crippen LogP contribution in [0.2, 0.25) is 0 Å². The summed E-state index contributed by atoms with van der Waals surface area (Å²) in [5, 5.41) is 11.5. The summed E-state index contributed by atoms with van der Waals surface area (Å²) in [7, 11) is -4.65. The number of benzene rings is 3. The first-order valence-electron chi connectivity index (χ1n) is 10.3. The molecule has 1 fully saturated rings. The molecule has 3 aromatic rings. The van der Waals surface area contributed by atoms with Gasteiger partial charge in [-0.2, -0.15) is 0 Å². The third kappa shape index (κ3) is 3.33. The van der Waals surface area contributed by atoms with Gasteiger partial charge in [-0.15, -0.1) is 0 Å². The summed E-state index contributed by atoms with van der Waals surface area (Å²) in [5.41, 5.74) is -0.551. The zero-order valence-electron chi connectivity index (χ0n) is 18.0. The molecule has 9 nitrogen and oxygen atoms in total. The fraction of sp³-hybridized carbons (Fsp3) is 0.130. The molecule has 2 heterocycles. The summed E-state index contributed by atoms with van der Waals surface area (Å²) in [6.45, 7) is -0.117. The van der Waals surface area contributed by atoms with Crippen molar-refractivity contribution in [3.8, 4) is 0 Å². The zero-order valence-corrected chi connectivity index (χ0v) is 20.4. The summed E-state index contributed by atoms with van der Waals surface area (Å²) < 4.78 is 55.7. The van der Waals surface area contributed by atoms with Crippen molar-refractivity contribution in [1.29, 1.82) is 0 Å². The van der Waals surface area contributed by atoms with Gasteiger partial charge in [-0.1, -0.05) is 28.1 Å². The van der Waals surface area contributed by atoms with Gasteiger partial charge in [0.25, 0.3) is 16.5 Å². The van der Waals surface area contributed by atoms with Gasteiger partial charge in [-0.05, 0) is 35.9 Å². The number of nitro benzene ring substituents is 1. The van der Waals surface area contributed by atoms with E-state index in [0.717, 1.165) is 27.6 Å². The fourth-order valence-corrected chi connectivity index (χ4v) is 6.88. The Hall–Kier alpha value is -3.71. The molecule has 0 saturated carbocycles. The van der Waals surface area contributed by atoms with Crippen molar-refractivity contribution in [3.05, 3.63) is 98.0 Å². The van der Waals surface area contributed by atoms with Gasteiger partial charge in [0, 0.05) is 33.9 Å². The Morgan fingerprint density at radius 1 is 1.00 bits per heavy atom. The van der Waals surface area contributed by atoms with Crippen LogP contribution in [0.5, 0.6) is 0 Å². The van der Waals surface area contributed by atoms with Crippen LogP contribution in [0.15, 0.2) is 65.1 Å². The summed E-state index contributed by atoms with van der Waals surface area (Å²) in [5.74, 6) is -5.83. The monoisotopic (exact) mass is 577 g/mol. The Balaban J connectivity index is 1.79. The average molecular weight is 578 g/mol. The van der Waals surface area contributed by atoms with Gasteiger partial charge in [-0.3, -0.25) is 24.6 Å². The Morgan fingerprint density at radius 3 is 2.33 bits per heavy atom. The quantitative estimate of drug-likeness (QED) is 0.344. The molecule has 2 aliphatic heterocycles. The molecular weight excluding hydrogens is 564 g/mol. The fourth-order valence-electron chi connectivity index (χ4n) is 4.59. The van der Waals surface area contributed by atoms with Gasteiger partial charge >= 0.3 is 0 Å². The van der Waals surface area contributed by atoms with Crippen molar-refractivity contribution in [2.24, 2.45) is 0 Å². The van der Waals surface area contributed by atoms with Crippen molar-refractivity contribution < 1.29 is 31.7 Å². The van der Waals surface area contributed by atoms with Gasteiger partial charge in [0.2, 0.25) is 5.91 Å². The van der Waals surface area contributed by atoms with Gasteiger partial charge < -0.3 is 4.90 Å². The van der Waals surface area contributed by atoms with Crippen LogP contribution in [0.4, 0.5) is 25.8 Å². The molecule has 0 unspecified atom stereocenters. The van der Waals surface area contributed by atoms with Gasteiger partial charge in [0.1, 0.15) is 5.75 Å². The van der Waals surface area contributed by atoms with E-state index in [-0.39, 0.29) is 23.5 Å². The van der Waals surface area contributed by atoms with E-state index >= 15 is 0 Å². The maximum Gasteiger partial charge on any atom is 0.274 e. The highest BCUT2D eigenvalue weighted by Gasteiger charge is 2.70. The predicted molar refractivity (Wildman–Crippen MR) is 128 cm³/mol. The molecule has 2 aliphatic rings. The molecule has 0 N–H and O–H groups in total. The maximum atomic E-state index is 14.1. The first-order chi connectivity index (χ1) is 17.0. The van der Waals surface area contributed by atoms with E-state index in [4.69, 9.17) is 0 Å². The minimum Gasteiger partial charge on any atom is -0.304 e. The van der Waals surface area contributed by atoms with Crippen LogP contribution in [0.25, 0.3) is 0 Å². The molecule has 0 radical (unpaired) electrons. The number of amides is 2. The second-order valence-corrected chi connectivity index (χ2v) is 11.2. The molecule has 2 amide bonds. The molecule has 1 atom stereocenters. The van der Waals surface area contributed by atoms with Crippen molar-refractivity contribution >= 4 is 54.6 Å². The number of hydrogen-bond donors (Lipinski definition) is 0. The highest BCUT2D eigenvalue weighted by atomic mass is 79.9. The SMILES string of the molecule is O=C1CS(=O)(=O)[C@]2(C(=O)N(Cc3ccc(Br)cc3)c3ccc([N+](=O)[O-])cc32)N1c1ccc(F)c(F)c1. The smallest absolute Gasteiger partial charge is 0.274 e. The molecule has 184 valence electrons. The van der Waals surface area contributed by atoms with E-state index < -0.39 is 54.5 Å². The van der Waals surface area contributed by atoms with E-state index in [2.05, 4.69) is 15.9 Å². The van der Waals surface area contributed by atoms with Crippen LogP contribution in [0, 0.1) is 21.7 Å². The number of nitro groups is 1. The number of anilines is 2. The van der Waals surface area contributed by atoms with Crippen molar-refractivity contribution in [2.75, 3.05) is 15.6 Å². The molecule has 0 aromatic heterocycles. The number of rotatable bonds is 4. The minimum absolute atomic E-state index is 0.0411. The molecule has 3 aromatic carbocycles. The van der Waals surface area contributed by atoms with Gasteiger partial charge in [0.05, 0.1) is 17.2 Å². The van der Waals surface area contributed by atoms with Crippen LogP contribution >= 0.6 is 15.9 Å². The normalized spacial score (nSPS) is 20.3. The second kappa shape index (κ2) is 8.17. The highest BCUT2D eigenvalue weighted by Crippen LogP contribution is 2.53. The van der Waals surface area contributed by atoms with Gasteiger partial charge in [0.15, 0.2) is 21.5 Å². The molecule has 0 bridgehead atoms. The molecule has 1 saturated heterocycles. The largest absolute Gasteiger partial charge is 0.304 e. The molecule has 1 spiro atoms. The lowest BCUT2D eigenvalue weighted by Crippen LogP contribution is -2.54. The number of halogens is 3. The zero-order chi connectivity index (χ0) is 26.0. The lowest BCUT2D eigenvalue weighted by atomic mass is 10.0. The topological polar surface area (TPSA) is 118 Å². The lowest BCUT2D eigenvalue weighted by Gasteiger charge is -2.32. The Labute approximate surface area is 211 Å². The number of carbonyl (C=O) groups is 2. The summed E-state index contributed by atoms with van der Waals surface area (Å²) in [6.07, 6.45) is 0. The second-order valence-electron chi connectivity index (χ2n) is 8.21. The maximum absolute atomic E-state index is 14.1. The van der Waals surface area contributed by atoms with Crippen LogP contribution < -0.4 is 9.80 Å². The summed E-state index contributed by atoms with van der Waals surface area (Å²) >= 11 is 3.31. The lowest BCUT2D eigenvalue weighted by molar-refractivity contribution is -0.384. The van der Waals surface area contributed by atoms with Gasteiger partial charge in [-0.25, -0.2) is 17.2 Å². The van der Waals surface area contributed by atoms with E-state index in [1.807, 2.05) is 0 Å². The van der Waals surface area contributed by atoms with E-state index in [9.17, 15) is 36.9 Å². The minimum atomic E-state index is -4.65. The number of fused-ring (bicyclic) bond motifs is 2. The molecule has 5 rings (SSSR count). The van der Waals surface area contributed by atoms with E-state index in [1.54, 1.807) is 24.3 Å². The number of nitrogens with zero attached hydrogens (tertiary/aromatic N) is 3. The summed E-state index contributed by atoms with van der Waals surface area (Å²) in [4.78, 5) is 36.8. The molecule has 13 heteroatoms. The molecule has 36 heavy (non-hydrogen) atoms. The standard InChI is InChI=1S/C23H14BrF2N3O6S/c24-14-3-1-13(2-4-14)11-27-20-8-6-16(29(32)33)9-17(20)23(22(27)31)28(21(30)12-36(23,34)35)15-5-7-18(25)19(26)10-15/h1-10H,11-12H2/t23-/m1/s1. The Morgan fingerprint density at radius 2 is 1.69 bits per heavy atom. The number of non-ortho nitro benzene ring substituents is 1. The van der Waals surface area contributed by atoms with E-state index in [0.29, 0.717) is 22.6 Å². The van der Waals surface area contributed by atoms with Crippen molar-refractivity contribution in [1.82, 2.24) is 0 Å². The van der Waals surface area contributed by atoms with Crippen LogP contribution in [-0.4, -0.2) is 30.9 Å². The molecular formula is C23H14BrF2N3O6S. The number of hydrogen-bond acceptors (Lipinski definition) is 6. The third-order valence-electron chi connectivity index (χ3n) is 6.13. The van der Waals surface area contributed by atoms with Crippen molar-refractivity contribution in [3.63, 3.8) is 0 Å².